The minimum Gasteiger partial charge on any atom is -0.504 e. The van der Waals surface area contributed by atoms with E-state index in [0.717, 1.165) is 24.1 Å². The first-order chi connectivity index (χ1) is 13.9. The lowest BCUT2D eigenvalue weighted by Gasteiger charge is -2.27. The fraction of sp³-hybridized carbons (Fsp3) is 0.188. The number of hydrogen-bond donors (Lipinski definition) is 5. The molecule has 0 aromatic heterocycles. The fourth-order valence-corrected chi connectivity index (χ4v) is 4.26. The predicted molar refractivity (Wildman–Crippen MR) is 110 cm³/mol. The van der Waals surface area contributed by atoms with E-state index in [4.69, 9.17) is 10.8 Å². The van der Waals surface area contributed by atoms with Gasteiger partial charge in [0.15, 0.2) is 5.75 Å². The summed E-state index contributed by atoms with van der Waals surface area (Å²) in [6.45, 7) is 0.204. The molecule has 0 spiro atoms. The van der Waals surface area contributed by atoms with E-state index >= 15 is 0 Å². The third-order valence-electron chi connectivity index (χ3n) is 3.71. The van der Waals surface area contributed by atoms with Gasteiger partial charge in [0, 0.05) is 6.92 Å². The molecule has 0 saturated carbocycles. The molecule has 2 aromatic rings. The quantitative estimate of drug-likeness (QED) is 0.156. The van der Waals surface area contributed by atoms with E-state index in [1.54, 1.807) is 10.9 Å². The van der Waals surface area contributed by atoms with Gasteiger partial charge < -0.3 is 15.9 Å². The SMILES string of the molecule is CC(=O)N(c1cc(N)c(O)c(N(NS(=O)(=O)O)c2ccccc2)c1)S(=O)(=O)CCO. The van der Waals surface area contributed by atoms with Gasteiger partial charge in [-0.25, -0.2) is 12.7 Å². The monoisotopic (exact) mass is 460 g/mol. The van der Waals surface area contributed by atoms with Gasteiger partial charge in [0.05, 0.1) is 29.4 Å². The molecule has 6 N–H and O–H groups in total. The van der Waals surface area contributed by atoms with Crippen molar-refractivity contribution in [2.24, 2.45) is 0 Å². The Labute approximate surface area is 173 Å². The molecule has 0 fully saturated rings. The first-order valence-electron chi connectivity index (χ1n) is 8.24. The summed E-state index contributed by atoms with van der Waals surface area (Å²) >= 11 is 0. The van der Waals surface area contributed by atoms with Crippen LogP contribution in [0.25, 0.3) is 0 Å². The molecule has 0 radical (unpaired) electrons. The Morgan fingerprint density at radius 1 is 1.10 bits per heavy atom. The van der Waals surface area contributed by atoms with Gasteiger partial charge in [0.2, 0.25) is 15.9 Å². The summed E-state index contributed by atoms with van der Waals surface area (Å²) in [4.78, 5) is 13.8. The van der Waals surface area contributed by atoms with Crippen molar-refractivity contribution in [1.82, 2.24) is 4.83 Å². The number of aliphatic hydroxyl groups is 1. The Kier molecular flexibility index (Phi) is 6.89. The van der Waals surface area contributed by atoms with Crippen molar-refractivity contribution in [2.45, 2.75) is 6.92 Å². The second-order valence-corrected chi connectivity index (χ2v) is 9.03. The van der Waals surface area contributed by atoms with Gasteiger partial charge in [-0.05, 0) is 24.3 Å². The summed E-state index contributed by atoms with van der Waals surface area (Å²) < 4.78 is 57.4. The number of anilines is 4. The zero-order valence-electron chi connectivity index (χ0n) is 15.6. The highest BCUT2D eigenvalue weighted by molar-refractivity contribution is 7.93. The van der Waals surface area contributed by atoms with Gasteiger partial charge in [-0.3, -0.25) is 14.4 Å². The van der Waals surface area contributed by atoms with Crippen LogP contribution in [-0.4, -0.2) is 49.9 Å². The number of hydrogen-bond acceptors (Lipinski definition) is 9. The molecule has 0 atom stereocenters. The number of hydrazine groups is 1. The number of rotatable bonds is 8. The van der Waals surface area contributed by atoms with Crippen LogP contribution in [-0.2, 0) is 25.1 Å². The standard InChI is InChI=1S/C16H20N4O8S2/c1-11(22)20(29(24,25)8-7-21)13-9-14(17)16(23)15(10-13)19(18-30(26,27)28)12-5-3-2-4-6-12/h2-6,9-10,18,21,23H,7-8,17H2,1H3,(H,26,27,28). The van der Waals surface area contributed by atoms with Crippen molar-refractivity contribution in [3.05, 3.63) is 42.5 Å². The van der Waals surface area contributed by atoms with E-state index in [9.17, 15) is 31.3 Å². The van der Waals surface area contributed by atoms with Crippen LogP contribution < -0.4 is 19.9 Å². The Balaban J connectivity index is 2.75. The number of aliphatic hydroxyl groups excluding tert-OH is 1. The number of sulfonamides is 1. The molecule has 0 aliphatic carbocycles. The molecular formula is C16H20N4O8S2. The van der Waals surface area contributed by atoms with E-state index in [-0.39, 0.29) is 22.7 Å². The highest BCUT2D eigenvalue weighted by Gasteiger charge is 2.29. The molecule has 164 valence electrons. The maximum absolute atomic E-state index is 12.4. The molecule has 0 unspecified atom stereocenters. The molecule has 12 nitrogen and oxygen atoms in total. The molecule has 2 rings (SSSR count). The number of carbonyl (C=O) groups is 1. The van der Waals surface area contributed by atoms with Crippen molar-refractivity contribution < 1.29 is 36.4 Å². The number of amides is 1. The van der Waals surface area contributed by atoms with Gasteiger partial charge in [0.25, 0.3) is 0 Å². The number of nitrogens with zero attached hydrogens (tertiary/aromatic N) is 2. The lowest BCUT2D eigenvalue weighted by molar-refractivity contribution is -0.115. The van der Waals surface area contributed by atoms with Crippen molar-refractivity contribution >= 4 is 49.0 Å². The Bertz CT molecular complexity index is 1140. The van der Waals surface area contributed by atoms with Crippen molar-refractivity contribution in [2.75, 3.05) is 27.4 Å². The molecule has 0 aliphatic heterocycles. The topological polar surface area (TPSA) is 191 Å². The van der Waals surface area contributed by atoms with Crippen LogP contribution in [0.2, 0.25) is 0 Å². The van der Waals surface area contributed by atoms with E-state index in [0.29, 0.717) is 4.31 Å². The Morgan fingerprint density at radius 3 is 2.20 bits per heavy atom. The number of nitrogen functional groups attached to an aromatic ring is 1. The molecule has 0 bridgehead atoms. The predicted octanol–water partition coefficient (Wildman–Crippen LogP) is 0.0949. The van der Waals surface area contributed by atoms with Crippen LogP contribution in [0, 0.1) is 0 Å². The average molecular weight is 460 g/mol. The molecule has 0 saturated heterocycles. The maximum atomic E-state index is 12.4. The molecule has 30 heavy (non-hydrogen) atoms. The zero-order valence-corrected chi connectivity index (χ0v) is 17.3. The summed E-state index contributed by atoms with van der Waals surface area (Å²) in [6.07, 6.45) is 0. The smallest absolute Gasteiger partial charge is 0.350 e. The van der Waals surface area contributed by atoms with Crippen LogP contribution in [0.4, 0.5) is 22.7 Å². The highest BCUT2D eigenvalue weighted by Crippen LogP contribution is 2.40. The lowest BCUT2D eigenvalue weighted by atomic mass is 10.2. The molecule has 0 heterocycles. The van der Waals surface area contributed by atoms with Crippen LogP contribution in [0.15, 0.2) is 42.5 Å². The number of nitrogens with one attached hydrogen (secondary N) is 1. The number of aromatic hydroxyl groups is 1. The van der Waals surface area contributed by atoms with Gasteiger partial charge >= 0.3 is 10.3 Å². The molecular weight excluding hydrogens is 440 g/mol. The van der Waals surface area contributed by atoms with E-state index < -0.39 is 44.3 Å². The summed E-state index contributed by atoms with van der Waals surface area (Å²) in [7, 11) is -9.15. The Hall–Kier alpha value is -2.91. The first-order valence-corrected chi connectivity index (χ1v) is 11.3. The van der Waals surface area contributed by atoms with Crippen molar-refractivity contribution in [3.8, 4) is 5.75 Å². The molecule has 2 aromatic carbocycles. The highest BCUT2D eigenvalue weighted by atomic mass is 32.2. The third-order valence-corrected chi connectivity index (χ3v) is 5.85. The first kappa shape index (κ1) is 23.4. The summed E-state index contributed by atoms with van der Waals surface area (Å²) in [5.74, 6) is -2.36. The van der Waals surface area contributed by atoms with Crippen LogP contribution in [0.3, 0.4) is 0 Å². The minimum atomic E-state index is -4.84. The van der Waals surface area contributed by atoms with Crippen LogP contribution in [0.1, 0.15) is 6.92 Å². The van der Waals surface area contributed by atoms with Gasteiger partial charge in [0.1, 0.15) is 5.69 Å². The average Bonchev–Trinajstić information content (AvgIpc) is 2.62. The summed E-state index contributed by atoms with van der Waals surface area (Å²) in [5.41, 5.74) is 4.80. The molecule has 0 aliphatic rings. The zero-order chi connectivity index (χ0) is 22.7. The summed E-state index contributed by atoms with van der Waals surface area (Å²) in [6, 6.07) is 9.51. The van der Waals surface area contributed by atoms with E-state index in [1.807, 2.05) is 0 Å². The third kappa shape index (κ3) is 5.37. The number of nitrogens with two attached hydrogens (primary N) is 1. The van der Waals surface area contributed by atoms with Crippen molar-refractivity contribution in [3.63, 3.8) is 0 Å². The van der Waals surface area contributed by atoms with Gasteiger partial charge in [-0.1, -0.05) is 23.0 Å². The second-order valence-electron chi connectivity index (χ2n) is 5.96. The maximum Gasteiger partial charge on any atom is 0.350 e. The van der Waals surface area contributed by atoms with Crippen LogP contribution >= 0.6 is 0 Å². The fourth-order valence-electron chi connectivity index (χ4n) is 2.59. The van der Waals surface area contributed by atoms with Gasteiger partial charge in [-0.2, -0.15) is 8.42 Å². The number of phenols is 1. The van der Waals surface area contributed by atoms with Gasteiger partial charge in [-0.15, -0.1) is 0 Å². The summed E-state index contributed by atoms with van der Waals surface area (Å²) in [5, 5.41) is 20.1. The molecule has 1 amide bonds. The lowest BCUT2D eigenvalue weighted by Crippen LogP contribution is -2.40. The van der Waals surface area contributed by atoms with Crippen molar-refractivity contribution in [1.29, 1.82) is 0 Å². The minimum absolute atomic E-state index is 0.120. The van der Waals surface area contributed by atoms with E-state index in [1.165, 1.54) is 24.3 Å². The number of benzene rings is 2. The van der Waals surface area contributed by atoms with Crippen LogP contribution in [0.5, 0.6) is 5.75 Å². The largest absolute Gasteiger partial charge is 0.504 e. The number of phenolic OH excluding ortho intramolecular Hbond substituents is 1. The number of para-hydroxylation sites is 1. The number of carbonyl (C=O) groups excluding carboxylic acids is 1. The molecule has 14 heteroatoms. The Morgan fingerprint density at radius 2 is 1.70 bits per heavy atom. The van der Waals surface area contributed by atoms with E-state index in [2.05, 4.69) is 0 Å². The normalized spacial score (nSPS) is 11.8. The second kappa shape index (κ2) is 8.85.